The summed E-state index contributed by atoms with van der Waals surface area (Å²) in [5.41, 5.74) is 3.31. The first-order valence-electron chi connectivity index (χ1n) is 16.7. The van der Waals surface area contributed by atoms with Crippen LogP contribution in [0.2, 0.25) is 0 Å². The summed E-state index contributed by atoms with van der Waals surface area (Å²) in [6.45, 7) is 8.26. The molecule has 0 aromatic heterocycles. The lowest BCUT2D eigenvalue weighted by Crippen LogP contribution is -2.42. The second-order valence-corrected chi connectivity index (χ2v) is 12.9. The Morgan fingerprint density at radius 2 is 1.16 bits per heavy atom. The molecule has 3 atom stereocenters. The van der Waals surface area contributed by atoms with E-state index in [0.29, 0.717) is 5.71 Å². The van der Waals surface area contributed by atoms with E-state index in [9.17, 15) is 0 Å². The normalized spacial score (nSPS) is 21.0. The van der Waals surface area contributed by atoms with Gasteiger partial charge in [0.1, 0.15) is 37.2 Å². The topological polar surface area (TPSA) is 86.2 Å². The predicted octanol–water partition coefficient (Wildman–Crippen LogP) is 7.19. The van der Waals surface area contributed by atoms with Gasteiger partial charge in [0.05, 0.1) is 13.2 Å². The highest BCUT2D eigenvalue weighted by molar-refractivity contribution is 5.90. The maximum absolute atomic E-state index is 7.17. The van der Waals surface area contributed by atoms with Gasteiger partial charge >= 0.3 is 0 Å². The Bertz CT molecular complexity index is 1520. The van der Waals surface area contributed by atoms with Crippen molar-refractivity contribution >= 4 is 5.71 Å². The zero-order valence-electron chi connectivity index (χ0n) is 28.5. The lowest BCUT2D eigenvalue weighted by atomic mass is 9.80. The summed E-state index contributed by atoms with van der Waals surface area (Å²) in [5, 5.41) is 4.67. The quantitative estimate of drug-likeness (QED) is 0.0749. The summed E-state index contributed by atoms with van der Waals surface area (Å²) >= 11 is 0. The molecule has 9 nitrogen and oxygen atoms in total. The summed E-state index contributed by atoms with van der Waals surface area (Å²) < 4.78 is 43.5. The van der Waals surface area contributed by atoms with Gasteiger partial charge in [-0.3, -0.25) is 0 Å². The van der Waals surface area contributed by atoms with Gasteiger partial charge in [0.2, 0.25) is 0 Å². The van der Waals surface area contributed by atoms with E-state index in [1.165, 1.54) is 0 Å². The molecule has 2 aliphatic heterocycles. The molecule has 2 heterocycles. The molecule has 0 bridgehead atoms. The molecule has 9 heteroatoms. The largest absolute Gasteiger partial charge is 0.391 e. The van der Waals surface area contributed by atoms with Gasteiger partial charge in [-0.15, -0.1) is 0 Å². The number of ether oxygens (including phenoxy) is 7. The second kappa shape index (κ2) is 15.7. The average molecular weight is 668 g/mol. The monoisotopic (exact) mass is 667 g/mol. The van der Waals surface area contributed by atoms with Crippen molar-refractivity contribution < 1.29 is 38.0 Å². The third kappa shape index (κ3) is 9.00. The fourth-order valence-corrected chi connectivity index (χ4v) is 5.94. The number of hydrogen-bond acceptors (Lipinski definition) is 9. The van der Waals surface area contributed by atoms with Crippen molar-refractivity contribution in [3.05, 3.63) is 144 Å². The average Bonchev–Trinajstić information content (AvgIpc) is 3.66. The van der Waals surface area contributed by atoms with E-state index in [-0.39, 0.29) is 33.0 Å². The van der Waals surface area contributed by atoms with E-state index in [1.807, 2.05) is 113 Å². The van der Waals surface area contributed by atoms with Crippen molar-refractivity contribution in [3.63, 3.8) is 0 Å². The molecule has 4 aromatic rings. The second-order valence-electron chi connectivity index (χ2n) is 12.9. The van der Waals surface area contributed by atoms with Crippen LogP contribution in [0.1, 0.15) is 49.9 Å². The molecule has 0 radical (unpaired) electrons. The third-order valence-electron chi connectivity index (χ3n) is 8.32. The molecular formula is C40H45NO8. The standard InChI is InChI=1S/C40H45NO8/c1-38(2)43-28-36(48-38)42-27-35(47-37-29-44-39(3,4)49-37)34(41-46-25-30-17-9-5-10-18-30)26-45-40(31-19-11-6-12-20-31,32-21-13-7-14-22-32)33-23-15-8-16-24-33/h5-24,35-37H,25-29H2,1-4H3/b41-34+/t35-,36?,37?/m0/s1. The molecule has 258 valence electrons. The summed E-state index contributed by atoms with van der Waals surface area (Å²) in [7, 11) is 0. The molecule has 0 aliphatic carbocycles. The SMILES string of the molecule is CC1(C)OCC(OC[C@H](OC2COC(C)(C)O2)/C(COC(c2ccccc2)(c2ccccc2)c2ccccc2)=N/OCc2ccccc2)O1. The first kappa shape index (κ1) is 34.9. The van der Waals surface area contributed by atoms with Crippen LogP contribution in [0.4, 0.5) is 0 Å². The van der Waals surface area contributed by atoms with Crippen LogP contribution in [-0.2, 0) is 50.2 Å². The zero-order chi connectivity index (χ0) is 34.2. The maximum Gasteiger partial charge on any atom is 0.185 e. The van der Waals surface area contributed by atoms with Crippen LogP contribution in [0.5, 0.6) is 0 Å². The third-order valence-corrected chi connectivity index (χ3v) is 8.32. The number of nitrogens with zero attached hydrogens (tertiary/aromatic N) is 1. The van der Waals surface area contributed by atoms with Crippen molar-refractivity contribution in [3.8, 4) is 0 Å². The minimum Gasteiger partial charge on any atom is -0.391 e. The minimum atomic E-state index is -1.00. The Morgan fingerprint density at radius 1 is 0.694 bits per heavy atom. The Balaban J connectivity index is 1.36. The number of oxime groups is 1. The number of hydrogen-bond donors (Lipinski definition) is 0. The van der Waals surface area contributed by atoms with E-state index in [2.05, 4.69) is 41.6 Å². The highest BCUT2D eigenvalue weighted by atomic mass is 16.8. The first-order valence-corrected chi connectivity index (χ1v) is 16.7. The Labute approximate surface area is 288 Å². The molecule has 0 N–H and O–H groups in total. The number of benzene rings is 4. The van der Waals surface area contributed by atoms with Crippen molar-refractivity contribution in [2.75, 3.05) is 26.4 Å². The molecule has 0 spiro atoms. The van der Waals surface area contributed by atoms with Gasteiger partial charge in [0.25, 0.3) is 0 Å². The van der Waals surface area contributed by atoms with Gasteiger partial charge < -0.3 is 38.0 Å². The lowest BCUT2D eigenvalue weighted by molar-refractivity contribution is -0.219. The highest BCUT2D eigenvalue weighted by Gasteiger charge is 2.41. The van der Waals surface area contributed by atoms with Crippen molar-refractivity contribution in [2.24, 2.45) is 5.16 Å². The molecule has 49 heavy (non-hydrogen) atoms. The fourth-order valence-electron chi connectivity index (χ4n) is 5.94. The van der Waals surface area contributed by atoms with Gasteiger partial charge in [-0.05, 0) is 49.9 Å². The van der Waals surface area contributed by atoms with E-state index in [4.69, 9.17) is 38.0 Å². The predicted molar refractivity (Wildman–Crippen MR) is 184 cm³/mol. The van der Waals surface area contributed by atoms with Crippen LogP contribution < -0.4 is 0 Å². The van der Waals surface area contributed by atoms with Crippen LogP contribution in [0.25, 0.3) is 0 Å². The molecule has 4 aromatic carbocycles. The summed E-state index contributed by atoms with van der Waals surface area (Å²) in [5.74, 6) is -1.56. The van der Waals surface area contributed by atoms with Crippen molar-refractivity contribution in [1.29, 1.82) is 0 Å². The molecule has 0 amide bonds. The van der Waals surface area contributed by atoms with E-state index in [1.54, 1.807) is 0 Å². The molecule has 0 saturated carbocycles. The Kier molecular flexibility index (Phi) is 11.2. The van der Waals surface area contributed by atoms with Crippen LogP contribution in [0.15, 0.2) is 126 Å². The highest BCUT2D eigenvalue weighted by Crippen LogP contribution is 2.40. The van der Waals surface area contributed by atoms with Gasteiger partial charge in [0, 0.05) is 0 Å². The number of rotatable bonds is 15. The maximum atomic E-state index is 7.17. The Hall–Kier alpha value is -3.93. The molecule has 2 aliphatic rings. The van der Waals surface area contributed by atoms with Gasteiger partial charge in [-0.1, -0.05) is 126 Å². The summed E-state index contributed by atoms with van der Waals surface area (Å²) in [6.07, 6.45) is -2.03. The van der Waals surface area contributed by atoms with E-state index in [0.717, 1.165) is 22.3 Å². The molecule has 2 saturated heterocycles. The van der Waals surface area contributed by atoms with Crippen LogP contribution in [0, 0.1) is 0 Å². The van der Waals surface area contributed by atoms with Crippen molar-refractivity contribution in [1.82, 2.24) is 0 Å². The van der Waals surface area contributed by atoms with Gasteiger partial charge in [0.15, 0.2) is 24.2 Å². The van der Waals surface area contributed by atoms with Crippen molar-refractivity contribution in [2.45, 2.75) is 70.2 Å². The van der Waals surface area contributed by atoms with E-state index < -0.39 is 35.9 Å². The minimum absolute atomic E-state index is 0.0198. The van der Waals surface area contributed by atoms with Gasteiger partial charge in [-0.25, -0.2) is 0 Å². The molecule has 2 unspecified atom stereocenters. The van der Waals surface area contributed by atoms with Crippen LogP contribution in [0.3, 0.4) is 0 Å². The molecular weight excluding hydrogens is 622 g/mol. The zero-order valence-corrected chi connectivity index (χ0v) is 28.5. The summed E-state index contributed by atoms with van der Waals surface area (Å²) in [4.78, 5) is 6.00. The fraction of sp³-hybridized carbons (Fsp3) is 0.375. The van der Waals surface area contributed by atoms with Gasteiger partial charge in [-0.2, -0.15) is 0 Å². The lowest BCUT2D eigenvalue weighted by Gasteiger charge is -2.36. The summed E-state index contributed by atoms with van der Waals surface area (Å²) in [6, 6.07) is 40.4. The van der Waals surface area contributed by atoms with E-state index >= 15 is 0 Å². The smallest absolute Gasteiger partial charge is 0.185 e. The van der Waals surface area contributed by atoms with Crippen LogP contribution in [-0.4, -0.2) is 62.4 Å². The molecule has 6 rings (SSSR count). The first-order chi connectivity index (χ1) is 23.7. The van der Waals surface area contributed by atoms with Crippen LogP contribution >= 0.6 is 0 Å². The molecule has 2 fully saturated rings. The Morgan fingerprint density at radius 3 is 1.63 bits per heavy atom.